The van der Waals surface area contributed by atoms with Crippen molar-refractivity contribution in [2.45, 2.75) is 0 Å². The van der Waals surface area contributed by atoms with Crippen LogP contribution in [0.1, 0.15) is 5.56 Å². The topological polar surface area (TPSA) is 73.1 Å². The maximum absolute atomic E-state index is 12.8. The number of methoxy groups -OCH3 is 1. The Bertz CT molecular complexity index is 1340. The van der Waals surface area contributed by atoms with Crippen molar-refractivity contribution in [2.24, 2.45) is 0 Å². The van der Waals surface area contributed by atoms with Crippen molar-refractivity contribution >= 4 is 34.0 Å². The molecule has 0 saturated heterocycles. The molecule has 4 rings (SSSR count). The second kappa shape index (κ2) is 8.33. The van der Waals surface area contributed by atoms with E-state index in [1.165, 1.54) is 22.8 Å². The highest BCUT2D eigenvalue weighted by atomic mass is 35.5. The van der Waals surface area contributed by atoms with Gasteiger partial charge >= 0.3 is 0 Å². The number of aromatic nitrogens is 2. The van der Waals surface area contributed by atoms with Crippen molar-refractivity contribution in [1.82, 2.24) is 9.38 Å². The van der Waals surface area contributed by atoms with Crippen LogP contribution in [0.5, 0.6) is 17.2 Å². The van der Waals surface area contributed by atoms with Crippen LogP contribution in [0.4, 0.5) is 4.39 Å². The van der Waals surface area contributed by atoms with Crippen molar-refractivity contribution < 1.29 is 19.0 Å². The summed E-state index contributed by atoms with van der Waals surface area (Å²) in [5.74, 6) is 0.609. The maximum Gasteiger partial charge on any atom is 0.274 e. The lowest BCUT2D eigenvalue weighted by atomic mass is 10.1. The summed E-state index contributed by atoms with van der Waals surface area (Å²) in [4.78, 5) is 17.9. The van der Waals surface area contributed by atoms with Gasteiger partial charge in [0.15, 0.2) is 16.5 Å². The molecule has 0 fully saturated rings. The Morgan fingerprint density at radius 3 is 2.90 bits per heavy atom. The number of halogens is 2. The van der Waals surface area contributed by atoms with E-state index in [9.17, 15) is 14.3 Å². The largest absolute Gasteiger partial charge is 0.503 e. The summed E-state index contributed by atoms with van der Waals surface area (Å²) in [7, 11) is 1.42. The molecule has 0 saturated carbocycles. The van der Waals surface area contributed by atoms with Crippen molar-refractivity contribution in [2.75, 3.05) is 20.4 Å². The molecule has 0 bridgehead atoms. The highest BCUT2D eigenvalue weighted by Crippen LogP contribution is 2.35. The quantitative estimate of drug-likeness (QED) is 0.489. The van der Waals surface area contributed by atoms with Crippen molar-refractivity contribution in [3.8, 4) is 28.5 Å². The molecule has 0 unspecified atom stereocenters. The number of phenolic OH excluding ortho intramolecular Hbond substituents is 1. The fraction of sp³-hybridized carbons (Fsp3) is 0.143. The minimum absolute atomic E-state index is 0.0162. The Hall–Kier alpha value is -3.10. The highest BCUT2D eigenvalue weighted by molar-refractivity contribution is 7.15. The van der Waals surface area contributed by atoms with Crippen LogP contribution in [-0.4, -0.2) is 34.9 Å². The summed E-state index contributed by atoms with van der Waals surface area (Å²) >= 11 is 7.25. The highest BCUT2D eigenvalue weighted by Gasteiger charge is 2.12. The maximum atomic E-state index is 12.8. The number of fused-ring (bicyclic) bond motifs is 1. The van der Waals surface area contributed by atoms with E-state index >= 15 is 0 Å². The van der Waals surface area contributed by atoms with Gasteiger partial charge in [-0.15, -0.1) is 0 Å². The molecule has 6 nitrogen and oxygen atoms in total. The molecule has 9 heteroatoms. The molecule has 0 radical (unpaired) electrons. The molecular weight excluding hydrogens is 431 g/mol. The first kappa shape index (κ1) is 20.2. The molecule has 30 heavy (non-hydrogen) atoms. The van der Waals surface area contributed by atoms with Crippen LogP contribution in [0.3, 0.4) is 0 Å². The molecule has 2 heterocycles. The molecule has 1 N–H and O–H groups in total. The normalized spacial score (nSPS) is 11.9. The van der Waals surface area contributed by atoms with Crippen LogP contribution in [0, 0.1) is 0 Å². The summed E-state index contributed by atoms with van der Waals surface area (Å²) in [6.07, 6.45) is 3.32. The molecule has 0 atom stereocenters. The fourth-order valence-electron chi connectivity index (χ4n) is 2.96. The molecule has 0 spiro atoms. The SMILES string of the molecule is COc1cc(C=c2sc3nc(-c4cccc(OCCF)c4)cn3c2=O)cc(Cl)c1O. The van der Waals surface area contributed by atoms with Gasteiger partial charge in [-0.1, -0.05) is 35.1 Å². The van der Waals surface area contributed by atoms with E-state index < -0.39 is 6.67 Å². The first-order valence-electron chi connectivity index (χ1n) is 8.89. The third-order valence-electron chi connectivity index (χ3n) is 4.35. The first-order valence-corrected chi connectivity index (χ1v) is 10.1. The Morgan fingerprint density at radius 1 is 1.33 bits per heavy atom. The third kappa shape index (κ3) is 3.83. The van der Waals surface area contributed by atoms with Crippen LogP contribution >= 0.6 is 22.9 Å². The second-order valence-corrected chi connectivity index (χ2v) is 7.73. The third-order valence-corrected chi connectivity index (χ3v) is 5.62. The molecule has 4 aromatic rings. The average molecular weight is 447 g/mol. The molecule has 0 aliphatic heterocycles. The lowest BCUT2D eigenvalue weighted by Gasteiger charge is -2.05. The smallest absolute Gasteiger partial charge is 0.274 e. The van der Waals surface area contributed by atoms with Gasteiger partial charge in [0.2, 0.25) is 0 Å². The van der Waals surface area contributed by atoms with E-state index in [1.807, 2.05) is 6.07 Å². The number of thiazole rings is 1. The van der Waals surface area contributed by atoms with E-state index in [2.05, 4.69) is 4.98 Å². The predicted octanol–water partition coefficient (Wildman–Crippen LogP) is 3.69. The van der Waals surface area contributed by atoms with Gasteiger partial charge in [0, 0.05) is 11.8 Å². The number of phenols is 1. The number of benzene rings is 2. The number of rotatable bonds is 6. The molecule has 2 aromatic carbocycles. The lowest BCUT2D eigenvalue weighted by Crippen LogP contribution is -2.22. The number of hydrogen-bond donors (Lipinski definition) is 1. The number of hydrogen-bond acceptors (Lipinski definition) is 6. The van der Waals surface area contributed by atoms with Crippen LogP contribution < -0.4 is 19.6 Å². The number of alkyl halides is 1. The van der Waals surface area contributed by atoms with Crippen LogP contribution in [-0.2, 0) is 0 Å². The summed E-state index contributed by atoms with van der Waals surface area (Å²) in [6.45, 7) is -0.584. The summed E-state index contributed by atoms with van der Waals surface area (Å²) < 4.78 is 24.7. The van der Waals surface area contributed by atoms with E-state index in [1.54, 1.807) is 42.6 Å². The van der Waals surface area contributed by atoms with Gasteiger partial charge in [0.25, 0.3) is 5.56 Å². The van der Waals surface area contributed by atoms with Gasteiger partial charge in [-0.3, -0.25) is 9.20 Å². The van der Waals surface area contributed by atoms with Crippen molar-refractivity contribution in [1.29, 1.82) is 0 Å². The molecular formula is C21H16ClFN2O4S. The number of nitrogens with zero attached hydrogens (tertiary/aromatic N) is 2. The van der Waals surface area contributed by atoms with Crippen LogP contribution in [0.2, 0.25) is 5.02 Å². The zero-order chi connectivity index (χ0) is 21.3. The number of imidazole rings is 1. The number of ether oxygens (including phenoxy) is 2. The summed E-state index contributed by atoms with van der Waals surface area (Å²) in [6, 6.07) is 10.3. The standard InChI is InChI=1S/C21H16ClFN2O4S/c1-28-17-8-12(7-15(22)19(17)26)9-18-20(27)25-11-16(24-21(25)30-18)13-3-2-4-14(10-13)29-6-5-23/h2-4,7-11,26H,5-6H2,1H3. The summed E-state index contributed by atoms with van der Waals surface area (Å²) in [5.41, 5.74) is 1.78. The molecule has 0 aliphatic carbocycles. The van der Waals surface area contributed by atoms with E-state index in [4.69, 9.17) is 21.1 Å². The van der Waals surface area contributed by atoms with Gasteiger partial charge < -0.3 is 14.6 Å². The Kier molecular flexibility index (Phi) is 5.61. The van der Waals surface area contributed by atoms with E-state index in [-0.39, 0.29) is 28.7 Å². The van der Waals surface area contributed by atoms with Crippen LogP contribution in [0.15, 0.2) is 47.4 Å². The van der Waals surface area contributed by atoms with Crippen LogP contribution in [0.25, 0.3) is 22.3 Å². The van der Waals surface area contributed by atoms with Gasteiger partial charge in [0.05, 0.1) is 22.4 Å². The zero-order valence-electron chi connectivity index (χ0n) is 15.8. The van der Waals surface area contributed by atoms with Gasteiger partial charge in [-0.05, 0) is 35.9 Å². The average Bonchev–Trinajstić information content (AvgIpc) is 3.29. The predicted molar refractivity (Wildman–Crippen MR) is 115 cm³/mol. The molecule has 154 valence electrons. The monoisotopic (exact) mass is 446 g/mol. The molecule has 0 aliphatic rings. The van der Waals surface area contributed by atoms with Gasteiger partial charge in [0.1, 0.15) is 19.0 Å². The van der Waals surface area contributed by atoms with Gasteiger partial charge in [-0.2, -0.15) is 0 Å². The van der Waals surface area contributed by atoms with E-state index in [0.29, 0.717) is 26.5 Å². The number of aromatic hydroxyl groups is 1. The lowest BCUT2D eigenvalue weighted by molar-refractivity contribution is 0.273. The van der Waals surface area contributed by atoms with Crippen molar-refractivity contribution in [3.05, 3.63) is 68.1 Å². The molecule has 2 aromatic heterocycles. The Morgan fingerprint density at radius 2 is 2.17 bits per heavy atom. The minimum atomic E-state index is -0.568. The minimum Gasteiger partial charge on any atom is -0.503 e. The zero-order valence-corrected chi connectivity index (χ0v) is 17.3. The first-order chi connectivity index (χ1) is 14.5. The fourth-order valence-corrected chi connectivity index (χ4v) is 4.13. The van der Waals surface area contributed by atoms with Gasteiger partial charge in [-0.25, -0.2) is 9.37 Å². The van der Waals surface area contributed by atoms with E-state index in [0.717, 1.165) is 5.56 Å². The Labute approximate surface area is 179 Å². The Balaban J connectivity index is 1.72. The summed E-state index contributed by atoms with van der Waals surface area (Å²) in [5, 5.41) is 9.99. The van der Waals surface area contributed by atoms with Crippen molar-refractivity contribution in [3.63, 3.8) is 0 Å². The second-order valence-electron chi connectivity index (χ2n) is 6.31. The molecule has 0 amide bonds.